The molecule has 0 atom stereocenters. The summed E-state index contributed by atoms with van der Waals surface area (Å²) in [6.45, 7) is 16.4. The van der Waals surface area contributed by atoms with E-state index in [1.165, 1.54) is 71.5 Å². The Hall–Kier alpha value is -0.120. The molecular weight excluding hydrogens is 258 g/mol. The molecule has 3 nitrogen and oxygen atoms in total. The molecule has 3 aliphatic rings. The molecule has 0 saturated carbocycles. The first-order valence-corrected chi connectivity index (χ1v) is 9.19. The summed E-state index contributed by atoms with van der Waals surface area (Å²) in [5.41, 5.74) is 0.507. The van der Waals surface area contributed by atoms with Crippen LogP contribution in [0.4, 0.5) is 0 Å². The minimum absolute atomic E-state index is 0.507. The highest BCUT2D eigenvalue weighted by atomic mass is 15.3. The fourth-order valence-electron chi connectivity index (χ4n) is 4.48. The Labute approximate surface area is 131 Å². The van der Waals surface area contributed by atoms with Crippen LogP contribution in [0.25, 0.3) is 0 Å². The van der Waals surface area contributed by atoms with Gasteiger partial charge in [-0.05, 0) is 69.1 Å². The highest BCUT2D eigenvalue weighted by Gasteiger charge is 2.36. The van der Waals surface area contributed by atoms with Crippen LogP contribution >= 0.6 is 0 Å². The average Bonchev–Trinajstić information content (AvgIpc) is 2.43. The molecule has 0 radical (unpaired) electrons. The maximum atomic E-state index is 3.47. The van der Waals surface area contributed by atoms with E-state index in [0.717, 1.165) is 17.9 Å². The first-order valence-electron chi connectivity index (χ1n) is 9.19. The van der Waals surface area contributed by atoms with Gasteiger partial charge in [0.25, 0.3) is 0 Å². The second-order valence-electron chi connectivity index (χ2n) is 8.74. The standard InChI is InChI=1S/C18H35N3/c1-18(2,3)16-6-10-21(11-7-16)17-13-20(14-17)12-15-4-8-19-9-5-15/h15-17,19H,4-14H2,1-3H3. The zero-order valence-electron chi connectivity index (χ0n) is 14.4. The van der Waals surface area contributed by atoms with Crippen LogP contribution < -0.4 is 5.32 Å². The summed E-state index contributed by atoms with van der Waals surface area (Å²) in [7, 11) is 0. The van der Waals surface area contributed by atoms with Gasteiger partial charge in [0.2, 0.25) is 0 Å². The normalized spacial score (nSPS) is 28.7. The highest BCUT2D eigenvalue weighted by Crippen LogP contribution is 2.35. The topological polar surface area (TPSA) is 18.5 Å². The zero-order chi connectivity index (χ0) is 14.9. The molecule has 0 amide bonds. The third-order valence-electron chi connectivity index (χ3n) is 6.18. The van der Waals surface area contributed by atoms with E-state index in [2.05, 4.69) is 35.9 Å². The number of hydrogen-bond donors (Lipinski definition) is 1. The van der Waals surface area contributed by atoms with Gasteiger partial charge in [-0.25, -0.2) is 0 Å². The number of piperidine rings is 2. The van der Waals surface area contributed by atoms with Crippen molar-refractivity contribution in [3.8, 4) is 0 Å². The lowest BCUT2D eigenvalue weighted by atomic mass is 9.75. The second-order valence-corrected chi connectivity index (χ2v) is 8.74. The van der Waals surface area contributed by atoms with E-state index >= 15 is 0 Å². The van der Waals surface area contributed by atoms with Crippen molar-refractivity contribution in [2.75, 3.05) is 45.8 Å². The molecule has 122 valence electrons. The molecule has 0 aromatic rings. The molecule has 0 aliphatic carbocycles. The van der Waals surface area contributed by atoms with Crippen molar-refractivity contribution in [1.29, 1.82) is 0 Å². The summed E-state index contributed by atoms with van der Waals surface area (Å²) >= 11 is 0. The molecule has 3 saturated heterocycles. The zero-order valence-corrected chi connectivity index (χ0v) is 14.4. The predicted octanol–water partition coefficient (Wildman–Crippen LogP) is 2.43. The summed E-state index contributed by atoms with van der Waals surface area (Å²) < 4.78 is 0. The Bertz CT molecular complexity index is 316. The third kappa shape index (κ3) is 4.00. The molecule has 3 rings (SSSR count). The molecule has 0 unspecified atom stereocenters. The Morgan fingerprint density at radius 2 is 1.57 bits per heavy atom. The molecule has 3 heteroatoms. The van der Waals surface area contributed by atoms with Crippen LogP contribution in [-0.2, 0) is 0 Å². The van der Waals surface area contributed by atoms with Crippen LogP contribution in [0.5, 0.6) is 0 Å². The Kier molecular flexibility index (Phi) is 4.92. The Morgan fingerprint density at radius 1 is 0.952 bits per heavy atom. The van der Waals surface area contributed by atoms with Crippen molar-refractivity contribution < 1.29 is 0 Å². The van der Waals surface area contributed by atoms with Crippen molar-refractivity contribution in [1.82, 2.24) is 15.1 Å². The predicted molar refractivity (Wildman–Crippen MR) is 89.6 cm³/mol. The van der Waals surface area contributed by atoms with E-state index in [1.807, 2.05) is 0 Å². The van der Waals surface area contributed by atoms with Crippen LogP contribution in [0, 0.1) is 17.3 Å². The van der Waals surface area contributed by atoms with E-state index in [0.29, 0.717) is 5.41 Å². The molecule has 1 N–H and O–H groups in total. The molecule has 3 heterocycles. The van der Waals surface area contributed by atoms with Gasteiger partial charge in [0.1, 0.15) is 0 Å². The van der Waals surface area contributed by atoms with Gasteiger partial charge < -0.3 is 5.32 Å². The smallest absolute Gasteiger partial charge is 0.0350 e. The lowest BCUT2D eigenvalue weighted by Gasteiger charge is -2.50. The molecule has 0 spiro atoms. The van der Waals surface area contributed by atoms with Gasteiger partial charge in [-0.15, -0.1) is 0 Å². The van der Waals surface area contributed by atoms with E-state index in [1.54, 1.807) is 0 Å². The molecule has 0 aromatic heterocycles. The van der Waals surface area contributed by atoms with Crippen molar-refractivity contribution in [2.45, 2.75) is 52.5 Å². The maximum absolute atomic E-state index is 3.47. The Balaban J connectivity index is 1.35. The SMILES string of the molecule is CC(C)(C)C1CCN(C2CN(CC3CCNCC3)C2)CC1. The van der Waals surface area contributed by atoms with E-state index in [4.69, 9.17) is 0 Å². The van der Waals surface area contributed by atoms with Crippen LogP contribution in [0.15, 0.2) is 0 Å². The second kappa shape index (κ2) is 6.55. The monoisotopic (exact) mass is 293 g/mol. The molecular formula is C18H35N3. The first kappa shape index (κ1) is 15.8. The van der Waals surface area contributed by atoms with Crippen LogP contribution in [0.2, 0.25) is 0 Å². The largest absolute Gasteiger partial charge is 0.317 e. The minimum Gasteiger partial charge on any atom is -0.317 e. The fraction of sp³-hybridized carbons (Fsp3) is 1.00. The van der Waals surface area contributed by atoms with Crippen molar-refractivity contribution >= 4 is 0 Å². The summed E-state index contributed by atoms with van der Waals surface area (Å²) in [6, 6.07) is 0.868. The van der Waals surface area contributed by atoms with Crippen LogP contribution in [0.1, 0.15) is 46.5 Å². The van der Waals surface area contributed by atoms with Gasteiger partial charge in [0.05, 0.1) is 0 Å². The quantitative estimate of drug-likeness (QED) is 0.862. The summed E-state index contributed by atoms with van der Waals surface area (Å²) in [6.07, 6.45) is 5.60. The lowest BCUT2D eigenvalue weighted by Crippen LogP contribution is -2.61. The number of likely N-dealkylation sites (tertiary alicyclic amines) is 2. The molecule has 3 aliphatic heterocycles. The summed E-state index contributed by atoms with van der Waals surface area (Å²) in [5.74, 6) is 1.89. The van der Waals surface area contributed by atoms with Crippen molar-refractivity contribution in [3.05, 3.63) is 0 Å². The van der Waals surface area contributed by atoms with Gasteiger partial charge in [-0.2, -0.15) is 0 Å². The molecule has 21 heavy (non-hydrogen) atoms. The van der Waals surface area contributed by atoms with E-state index in [9.17, 15) is 0 Å². The number of hydrogen-bond acceptors (Lipinski definition) is 3. The van der Waals surface area contributed by atoms with Gasteiger partial charge >= 0.3 is 0 Å². The number of nitrogens with one attached hydrogen (secondary N) is 1. The fourth-order valence-corrected chi connectivity index (χ4v) is 4.48. The van der Waals surface area contributed by atoms with Gasteiger partial charge in [-0.1, -0.05) is 20.8 Å². The van der Waals surface area contributed by atoms with Crippen LogP contribution in [-0.4, -0.2) is 61.7 Å². The van der Waals surface area contributed by atoms with Gasteiger partial charge in [0, 0.05) is 25.7 Å². The van der Waals surface area contributed by atoms with E-state index < -0.39 is 0 Å². The maximum Gasteiger partial charge on any atom is 0.0350 e. The Morgan fingerprint density at radius 3 is 2.14 bits per heavy atom. The first-order chi connectivity index (χ1) is 10.0. The molecule has 0 bridgehead atoms. The summed E-state index contributed by atoms with van der Waals surface area (Å²) in [4.78, 5) is 5.48. The van der Waals surface area contributed by atoms with Crippen molar-refractivity contribution in [3.63, 3.8) is 0 Å². The highest BCUT2D eigenvalue weighted by molar-refractivity contribution is 4.92. The number of rotatable bonds is 3. The average molecular weight is 293 g/mol. The van der Waals surface area contributed by atoms with Crippen molar-refractivity contribution in [2.24, 2.45) is 17.3 Å². The van der Waals surface area contributed by atoms with Gasteiger partial charge in [0.15, 0.2) is 0 Å². The molecule has 3 fully saturated rings. The number of nitrogens with zero attached hydrogens (tertiary/aromatic N) is 2. The minimum atomic E-state index is 0.507. The third-order valence-corrected chi connectivity index (χ3v) is 6.18. The lowest BCUT2D eigenvalue weighted by molar-refractivity contribution is -0.00658. The van der Waals surface area contributed by atoms with Gasteiger partial charge in [-0.3, -0.25) is 9.80 Å². The summed E-state index contributed by atoms with van der Waals surface area (Å²) in [5, 5.41) is 3.47. The molecule has 0 aromatic carbocycles. The van der Waals surface area contributed by atoms with Crippen LogP contribution in [0.3, 0.4) is 0 Å². The van der Waals surface area contributed by atoms with E-state index in [-0.39, 0.29) is 0 Å².